The molecule has 0 aliphatic rings. The minimum absolute atomic E-state index is 0.0662. The average molecular weight is 373 g/mol. The molecule has 0 aliphatic heterocycles. The summed E-state index contributed by atoms with van der Waals surface area (Å²) >= 11 is 5.68. The third-order valence-electron chi connectivity index (χ3n) is 3.29. The number of urea groups is 1. The van der Waals surface area contributed by atoms with E-state index in [1.807, 2.05) is 6.92 Å². The third-order valence-corrected chi connectivity index (χ3v) is 3.58. The second-order valence-corrected chi connectivity index (χ2v) is 5.75. The molecule has 8 heteroatoms. The van der Waals surface area contributed by atoms with Gasteiger partial charge in [0.1, 0.15) is 11.6 Å². The minimum atomic E-state index is -0.550. The molecule has 3 rings (SSSR count). The molecule has 6 nitrogen and oxygen atoms in total. The molecule has 0 saturated carbocycles. The number of hydrogen-bond acceptors (Lipinski definition) is 4. The average Bonchev–Trinajstić information content (AvgIpc) is 2.62. The molecule has 0 radical (unpaired) electrons. The lowest BCUT2D eigenvalue weighted by molar-refractivity contribution is 0.262. The second kappa shape index (κ2) is 7.79. The molecule has 0 unspecified atom stereocenters. The van der Waals surface area contributed by atoms with E-state index in [4.69, 9.17) is 16.3 Å². The lowest BCUT2D eigenvalue weighted by atomic mass is 10.3. The van der Waals surface area contributed by atoms with E-state index in [0.717, 1.165) is 5.69 Å². The van der Waals surface area contributed by atoms with E-state index >= 15 is 0 Å². The molecule has 0 aliphatic carbocycles. The maximum atomic E-state index is 13.1. The van der Waals surface area contributed by atoms with Crippen molar-refractivity contribution >= 4 is 29.0 Å². The number of amides is 2. The number of halogens is 2. The van der Waals surface area contributed by atoms with Crippen LogP contribution in [0.25, 0.3) is 0 Å². The Morgan fingerprint density at radius 3 is 2.35 bits per heavy atom. The minimum Gasteiger partial charge on any atom is -0.438 e. The van der Waals surface area contributed by atoms with Crippen LogP contribution in [0.5, 0.6) is 11.6 Å². The molecular formula is C18H14ClFN4O2. The lowest BCUT2D eigenvalue weighted by Crippen LogP contribution is -2.19. The Labute approximate surface area is 154 Å². The van der Waals surface area contributed by atoms with Crippen molar-refractivity contribution in [2.45, 2.75) is 6.92 Å². The first-order chi connectivity index (χ1) is 12.5. The maximum absolute atomic E-state index is 13.1. The molecule has 0 saturated heterocycles. The zero-order chi connectivity index (χ0) is 18.5. The molecule has 1 aromatic heterocycles. The van der Waals surface area contributed by atoms with E-state index < -0.39 is 11.8 Å². The molecule has 132 valence electrons. The highest BCUT2D eigenvalue weighted by Gasteiger charge is 2.06. The summed E-state index contributed by atoms with van der Waals surface area (Å²) in [5.41, 5.74) is 1.73. The van der Waals surface area contributed by atoms with E-state index in [2.05, 4.69) is 20.8 Å². The van der Waals surface area contributed by atoms with Gasteiger partial charge >= 0.3 is 6.03 Å². The smallest absolute Gasteiger partial charge is 0.323 e. The Morgan fingerprint density at radius 1 is 1.00 bits per heavy atom. The number of aromatic nitrogens is 2. The van der Waals surface area contributed by atoms with Crippen LogP contribution in [0.3, 0.4) is 0 Å². The van der Waals surface area contributed by atoms with E-state index in [0.29, 0.717) is 23.0 Å². The van der Waals surface area contributed by atoms with Crippen molar-refractivity contribution in [3.63, 3.8) is 0 Å². The first-order valence-corrected chi connectivity index (χ1v) is 7.99. The third kappa shape index (κ3) is 4.67. The molecule has 2 aromatic carbocycles. The number of ether oxygens (including phenoxy) is 1. The van der Waals surface area contributed by atoms with Gasteiger partial charge in [0.2, 0.25) is 5.88 Å². The van der Waals surface area contributed by atoms with Gasteiger partial charge in [-0.1, -0.05) is 11.6 Å². The number of benzene rings is 2. The van der Waals surface area contributed by atoms with Gasteiger partial charge < -0.3 is 15.4 Å². The van der Waals surface area contributed by atoms with Crippen molar-refractivity contribution in [3.8, 4) is 11.6 Å². The zero-order valence-electron chi connectivity index (χ0n) is 13.7. The number of nitrogens with zero attached hydrogens (tertiary/aromatic N) is 2. The second-order valence-electron chi connectivity index (χ2n) is 5.35. The molecular weight excluding hydrogens is 359 g/mol. The molecule has 0 bridgehead atoms. The Hall–Kier alpha value is -3.19. The number of aryl methyl sites for hydroxylation is 1. The largest absolute Gasteiger partial charge is 0.438 e. The van der Waals surface area contributed by atoms with E-state index in [1.54, 1.807) is 36.4 Å². The summed E-state index contributed by atoms with van der Waals surface area (Å²) in [5, 5.41) is 13.0. The summed E-state index contributed by atoms with van der Waals surface area (Å²) in [6.45, 7) is 1.84. The van der Waals surface area contributed by atoms with Crippen LogP contribution in [-0.4, -0.2) is 16.2 Å². The van der Waals surface area contributed by atoms with Gasteiger partial charge in [0.15, 0.2) is 0 Å². The van der Waals surface area contributed by atoms with Gasteiger partial charge in [-0.2, -0.15) is 5.10 Å². The molecule has 2 amide bonds. The zero-order valence-corrected chi connectivity index (χ0v) is 14.4. The first kappa shape index (κ1) is 17.6. The quantitative estimate of drug-likeness (QED) is 0.674. The van der Waals surface area contributed by atoms with Crippen LogP contribution in [0.2, 0.25) is 5.02 Å². The summed E-state index contributed by atoms with van der Waals surface area (Å²) < 4.78 is 18.7. The predicted octanol–water partition coefficient (Wildman–Crippen LogP) is 5.01. The number of hydrogen-bond donors (Lipinski definition) is 2. The Morgan fingerprint density at radius 2 is 1.69 bits per heavy atom. The molecule has 2 N–H and O–H groups in total. The Balaban J connectivity index is 1.58. The molecule has 0 fully saturated rings. The van der Waals surface area contributed by atoms with Crippen molar-refractivity contribution in [3.05, 3.63) is 71.1 Å². The summed E-state index contributed by atoms with van der Waals surface area (Å²) in [5.74, 6) is 0.383. The summed E-state index contributed by atoms with van der Waals surface area (Å²) in [6.07, 6.45) is 0. The number of carbonyl (C=O) groups excluding carboxylic acids is 1. The van der Waals surface area contributed by atoms with E-state index in [-0.39, 0.29) is 5.02 Å². The first-order valence-electron chi connectivity index (χ1n) is 7.61. The number of nitrogens with one attached hydrogen (secondary N) is 2. The highest BCUT2D eigenvalue weighted by atomic mass is 35.5. The van der Waals surface area contributed by atoms with E-state index in [9.17, 15) is 9.18 Å². The van der Waals surface area contributed by atoms with Crippen LogP contribution >= 0.6 is 11.6 Å². The van der Waals surface area contributed by atoms with Gasteiger partial charge in [-0.25, -0.2) is 9.18 Å². The lowest BCUT2D eigenvalue weighted by Gasteiger charge is -2.09. The van der Waals surface area contributed by atoms with Crippen molar-refractivity contribution in [1.82, 2.24) is 10.2 Å². The topological polar surface area (TPSA) is 76.1 Å². The number of rotatable bonds is 4. The van der Waals surface area contributed by atoms with Crippen molar-refractivity contribution in [2.75, 3.05) is 10.6 Å². The molecule has 26 heavy (non-hydrogen) atoms. The molecule has 1 heterocycles. The van der Waals surface area contributed by atoms with Crippen LogP contribution in [0.15, 0.2) is 54.6 Å². The fourth-order valence-electron chi connectivity index (χ4n) is 2.04. The van der Waals surface area contributed by atoms with E-state index in [1.165, 1.54) is 18.2 Å². The van der Waals surface area contributed by atoms with Crippen LogP contribution in [0.1, 0.15) is 5.69 Å². The highest BCUT2D eigenvalue weighted by Crippen LogP contribution is 2.22. The van der Waals surface area contributed by atoms with Crippen molar-refractivity contribution in [1.29, 1.82) is 0 Å². The van der Waals surface area contributed by atoms with Gasteiger partial charge in [0.25, 0.3) is 0 Å². The van der Waals surface area contributed by atoms with Crippen LogP contribution in [0.4, 0.5) is 20.6 Å². The highest BCUT2D eigenvalue weighted by molar-refractivity contribution is 6.31. The number of carbonyl (C=O) groups is 1. The Bertz CT molecular complexity index is 917. The monoisotopic (exact) mass is 372 g/mol. The summed E-state index contributed by atoms with van der Waals surface area (Å²) in [4.78, 5) is 12.0. The van der Waals surface area contributed by atoms with Gasteiger partial charge in [-0.15, -0.1) is 5.10 Å². The fraction of sp³-hybridized carbons (Fsp3) is 0.0556. The van der Waals surface area contributed by atoms with Crippen molar-refractivity contribution in [2.24, 2.45) is 0 Å². The van der Waals surface area contributed by atoms with Gasteiger partial charge in [-0.05, 0) is 55.5 Å². The van der Waals surface area contributed by atoms with Gasteiger partial charge in [0.05, 0.1) is 10.7 Å². The van der Waals surface area contributed by atoms with Gasteiger partial charge in [-0.3, -0.25) is 0 Å². The maximum Gasteiger partial charge on any atom is 0.323 e. The molecule has 3 aromatic rings. The van der Waals surface area contributed by atoms with Gasteiger partial charge in [0, 0.05) is 17.4 Å². The molecule has 0 spiro atoms. The Kier molecular flexibility index (Phi) is 5.28. The molecule has 0 atom stereocenters. The predicted molar refractivity (Wildman–Crippen MR) is 97.3 cm³/mol. The van der Waals surface area contributed by atoms with Crippen molar-refractivity contribution < 1.29 is 13.9 Å². The number of anilines is 2. The van der Waals surface area contributed by atoms with Crippen LogP contribution < -0.4 is 15.4 Å². The van der Waals surface area contributed by atoms with Crippen LogP contribution in [-0.2, 0) is 0 Å². The SMILES string of the molecule is Cc1ccc(Oc2ccc(NC(=O)Nc3ccc(F)c(Cl)c3)cc2)nn1. The van der Waals surface area contributed by atoms with Crippen LogP contribution in [0, 0.1) is 12.7 Å². The fourth-order valence-corrected chi connectivity index (χ4v) is 2.22. The summed E-state index contributed by atoms with van der Waals surface area (Å²) in [6, 6.07) is 13.7. The standard InChI is InChI=1S/C18H14ClFN4O2/c1-11-2-9-17(24-23-11)26-14-6-3-12(4-7-14)21-18(25)22-13-5-8-16(20)15(19)10-13/h2-10H,1H3,(H2,21,22,25). The summed E-state index contributed by atoms with van der Waals surface area (Å²) in [7, 11) is 0. The normalized spacial score (nSPS) is 10.3.